The molecule has 1 saturated heterocycles. The van der Waals surface area contributed by atoms with Crippen LogP contribution in [0.5, 0.6) is 0 Å². The number of hydrogen-bond acceptors (Lipinski definition) is 24. The summed E-state index contributed by atoms with van der Waals surface area (Å²) >= 11 is 5.32. The first kappa shape index (κ1) is 82.7. The van der Waals surface area contributed by atoms with Crippen molar-refractivity contribution in [1.29, 1.82) is 0 Å². The van der Waals surface area contributed by atoms with E-state index in [0.717, 1.165) is 56.6 Å². The molecule has 1 amide bonds. The normalized spacial score (nSPS) is 16.6. The summed E-state index contributed by atoms with van der Waals surface area (Å²) in [6, 6.07) is 12.7. The standard InChI is InChI=1S/C63H85N4O25P3S4/c1-8-16-43-34-52-48(31-41(43)4)58(49-32-42(5)50(64-9-2)35-53(49)89-52)47-33-44(20-21-46(47)60(71)72)51(68)18-15-25-82-29-30-83-28-23-65-62(74)86-27-22-63(6,7)98-97-39-84-24-13-14-26-85-57(69)19-12-11-17-45-37-67(61(73)66-59(45)70)56-36-54(87-40-99(96)10-3)55(90-56)38-88-94(78,79)92-95(80,81)91-93(75,76)77/h20-21,31-35,37,54-56H,8-10,12-16,18-19,22-30,36,38-40H2,1-7H3,(H,65,74)(H,71,72)(H,78,79)(H,80,81)(H,66,70,73)(H2,75,76,77)/t54-,55+,56+,99?/m0/s1. The number of phosphoric acid groups is 3. The number of unbranched alkanes of at least 4 members (excludes halogenated alkanes) is 1. The van der Waals surface area contributed by atoms with Gasteiger partial charge in [0.05, 0.1) is 69.0 Å². The van der Waals surface area contributed by atoms with Crippen LogP contribution in [0, 0.1) is 25.7 Å². The number of carbonyl (C=O) groups is 4. The van der Waals surface area contributed by atoms with Gasteiger partial charge in [0.1, 0.15) is 35.2 Å². The number of aromatic carboxylic acids is 1. The van der Waals surface area contributed by atoms with Gasteiger partial charge in [0, 0.05) is 84.7 Å². The number of aromatic nitrogens is 2. The minimum Gasteiger partial charge on any atom is -0.478 e. The Morgan fingerprint density at radius 1 is 0.869 bits per heavy atom. The van der Waals surface area contributed by atoms with Crippen LogP contribution in [0.25, 0.3) is 33.4 Å². The van der Waals surface area contributed by atoms with E-state index in [2.05, 4.69) is 42.7 Å². The Morgan fingerprint density at radius 3 is 2.32 bits per heavy atom. The molecule has 2 aromatic carbocycles. The topological polar surface area (TPSA) is 405 Å². The van der Waals surface area contributed by atoms with Gasteiger partial charge in [-0.2, -0.15) is 8.62 Å². The first-order chi connectivity index (χ1) is 46.9. The highest BCUT2D eigenvalue weighted by Gasteiger charge is 2.44. The number of ketones is 1. The van der Waals surface area contributed by atoms with Crippen LogP contribution in [-0.4, -0.2) is 159 Å². The molecule has 2 aliphatic heterocycles. The highest BCUT2D eigenvalue weighted by Crippen LogP contribution is 2.66. The molecular weight excluding hydrogens is 1430 g/mol. The molecule has 1 fully saturated rings. The zero-order chi connectivity index (χ0) is 72.5. The van der Waals surface area contributed by atoms with Crippen molar-refractivity contribution in [3.05, 3.63) is 108 Å². The molecule has 7 N–H and O–H groups in total. The number of fused-ring (bicyclic) bond motifs is 2. The maximum atomic E-state index is 13.7. The molecule has 36 heteroatoms. The number of rotatable bonds is 42. The summed E-state index contributed by atoms with van der Waals surface area (Å²) in [5.74, 6) is 5.08. The maximum Gasteiger partial charge on any atom is 0.490 e. The van der Waals surface area contributed by atoms with Crippen molar-refractivity contribution < 1.29 is 108 Å². The van der Waals surface area contributed by atoms with Crippen LogP contribution in [0.3, 0.4) is 0 Å². The van der Waals surface area contributed by atoms with Crippen molar-refractivity contribution in [2.24, 2.45) is 4.99 Å². The molecule has 0 radical (unpaired) electrons. The molecule has 1 aliphatic carbocycles. The lowest BCUT2D eigenvalue weighted by atomic mass is 9.87. The number of hydrogen-bond donors (Lipinski definition) is 7. The van der Waals surface area contributed by atoms with Gasteiger partial charge >= 0.3 is 47.2 Å². The number of aromatic amines is 1. The second-order valence-electron chi connectivity index (χ2n) is 23.0. The fourth-order valence-corrected chi connectivity index (χ4v) is 15.9. The quantitative estimate of drug-likeness (QED) is 0.00279. The van der Waals surface area contributed by atoms with Crippen LogP contribution in [-0.2, 0) is 91.9 Å². The first-order valence-corrected chi connectivity index (χ1v) is 41.0. The van der Waals surface area contributed by atoms with Crippen molar-refractivity contribution in [2.75, 3.05) is 83.6 Å². The Bertz CT molecular complexity index is 4020. The van der Waals surface area contributed by atoms with E-state index < -0.39 is 87.2 Å². The highest BCUT2D eigenvalue weighted by molar-refractivity contribution is 8.77. The number of alkyl carbamates (subject to hydrolysis) is 1. The largest absolute Gasteiger partial charge is 0.490 e. The SMILES string of the molecule is CCCc1cc2oc3cc(=NCC)c(C)cc-3c(-c3cc(C(=O)CCCOCCOCCNC(=O)OCCC(C)(C)SSCOCCCCOC(=O)CCC#Cc4cn([C@H]5C[C@H](OCS(=S)CC)[C@@H](COP(=O)(O)OP(=O)(O)OP(=O)(O)O)O5)c(=O)[nH]c4=O)ccc3C(=O)O)c2cc1C. The number of benzene rings is 3. The minimum absolute atomic E-state index is 0.00107. The second-order valence-corrected chi connectivity index (χ2v) is 33.4. The van der Waals surface area contributed by atoms with Gasteiger partial charge in [-0.05, 0) is 136 Å². The lowest BCUT2D eigenvalue weighted by Crippen LogP contribution is -2.33. The van der Waals surface area contributed by atoms with E-state index in [0.29, 0.717) is 85.2 Å². The Hall–Kier alpha value is -5.27. The van der Waals surface area contributed by atoms with Crippen molar-refractivity contribution in [2.45, 2.75) is 136 Å². The lowest BCUT2D eigenvalue weighted by molar-refractivity contribution is -0.143. The fourth-order valence-electron chi connectivity index (χ4n) is 9.89. The molecule has 0 saturated carbocycles. The molecule has 0 bridgehead atoms. The Kier molecular flexibility index (Phi) is 33.4. The van der Waals surface area contributed by atoms with Gasteiger partial charge in [-0.1, -0.05) is 69.2 Å². The number of Topliss-reactive ketones (excluding diaryl/α,β-unsaturated/α-hetero) is 1. The van der Waals surface area contributed by atoms with Crippen LogP contribution in [0.4, 0.5) is 4.79 Å². The Balaban J connectivity index is 0.802. The summed E-state index contributed by atoms with van der Waals surface area (Å²) in [4.78, 5) is 121. The van der Waals surface area contributed by atoms with Crippen LogP contribution < -0.4 is 21.9 Å². The van der Waals surface area contributed by atoms with Crippen LogP contribution in [0.2, 0.25) is 0 Å². The summed E-state index contributed by atoms with van der Waals surface area (Å²) < 4.78 is 94.2. The third-order valence-electron chi connectivity index (χ3n) is 14.8. The van der Waals surface area contributed by atoms with Crippen molar-refractivity contribution in [1.82, 2.24) is 14.9 Å². The molecule has 3 aliphatic rings. The number of phosphoric ester groups is 1. The highest BCUT2D eigenvalue weighted by atomic mass is 33.1. The van der Waals surface area contributed by atoms with Gasteiger partial charge in [-0.3, -0.25) is 33.5 Å². The number of aryl methyl sites for hydroxylation is 3. The van der Waals surface area contributed by atoms with E-state index in [1.807, 2.05) is 65.8 Å². The number of nitrogens with one attached hydrogen (secondary N) is 2. The number of carboxylic acid groups (broad SMARTS) is 1. The van der Waals surface area contributed by atoms with E-state index in [4.69, 9.17) is 63.1 Å². The van der Waals surface area contributed by atoms with Gasteiger partial charge in [-0.25, -0.2) is 28.1 Å². The van der Waals surface area contributed by atoms with E-state index in [9.17, 15) is 57.4 Å². The number of nitrogens with zero attached hydrogens (tertiary/aromatic N) is 2. The summed E-state index contributed by atoms with van der Waals surface area (Å²) in [6.07, 6.45) is 1.07. The number of amides is 1. The number of H-pyrrole nitrogens is 1. The smallest absolute Gasteiger partial charge is 0.478 e. The van der Waals surface area contributed by atoms with Gasteiger partial charge in [0.2, 0.25) is 0 Å². The lowest BCUT2D eigenvalue weighted by Gasteiger charge is -2.22. The van der Waals surface area contributed by atoms with E-state index in [1.165, 1.54) is 16.9 Å². The average molecular weight is 1520 g/mol. The number of carboxylic acids is 1. The molecule has 29 nitrogen and oxygen atoms in total. The first-order valence-electron chi connectivity index (χ1n) is 31.7. The van der Waals surface area contributed by atoms with Crippen LogP contribution in [0.1, 0.15) is 142 Å². The van der Waals surface area contributed by atoms with Gasteiger partial charge in [0.25, 0.3) is 5.56 Å². The fraction of sp³-hybridized carbons (Fsp3) is 0.540. The molecule has 3 heterocycles. The third kappa shape index (κ3) is 27.5. The van der Waals surface area contributed by atoms with E-state index in [1.54, 1.807) is 22.9 Å². The summed E-state index contributed by atoms with van der Waals surface area (Å²) in [7, 11) is -14.5. The minimum atomic E-state index is -5.81. The molecule has 546 valence electrons. The molecule has 99 heavy (non-hydrogen) atoms. The average Bonchev–Trinajstić information content (AvgIpc) is 1.22. The van der Waals surface area contributed by atoms with Crippen LogP contribution >= 0.6 is 45.1 Å². The monoisotopic (exact) mass is 1520 g/mol. The van der Waals surface area contributed by atoms with Crippen molar-refractivity contribution >= 4 is 100 Å². The number of carbonyl (C=O) groups excluding carboxylic acids is 3. The van der Waals surface area contributed by atoms with Crippen molar-refractivity contribution in [3.63, 3.8) is 0 Å². The Morgan fingerprint density at radius 2 is 1.61 bits per heavy atom. The summed E-state index contributed by atoms with van der Waals surface area (Å²) in [5, 5.41) is 14.7. The van der Waals surface area contributed by atoms with E-state index in [-0.39, 0.29) is 92.9 Å². The van der Waals surface area contributed by atoms with Gasteiger partial charge in [-0.15, -0.1) is 0 Å². The summed E-state index contributed by atoms with van der Waals surface area (Å²) in [5.41, 5.74) is 4.09. The molecule has 0 spiro atoms. The molecular formula is C63H85N4O25P3S4. The molecule has 6 rings (SSSR count). The zero-order valence-electron chi connectivity index (χ0n) is 55.9. The molecule has 3 unspecified atom stereocenters. The van der Waals surface area contributed by atoms with E-state index >= 15 is 0 Å². The molecule has 6 atom stereocenters. The van der Waals surface area contributed by atoms with Crippen LogP contribution in [0.15, 0.2) is 67.7 Å². The number of ether oxygens (including phenoxy) is 7. The van der Waals surface area contributed by atoms with Crippen molar-refractivity contribution in [3.8, 4) is 34.3 Å². The van der Waals surface area contributed by atoms with Gasteiger partial charge < -0.3 is 67.6 Å². The zero-order valence-corrected chi connectivity index (χ0v) is 61.8. The predicted molar refractivity (Wildman–Crippen MR) is 375 cm³/mol. The maximum absolute atomic E-state index is 13.7. The Labute approximate surface area is 587 Å². The third-order valence-corrected chi connectivity index (χ3v) is 23.6. The number of esters is 1. The van der Waals surface area contributed by atoms with Gasteiger partial charge in [0.15, 0.2) is 5.78 Å². The molecule has 1 aromatic heterocycles. The summed E-state index contributed by atoms with van der Waals surface area (Å²) in [6.45, 7) is 15.7. The predicted octanol–water partition coefficient (Wildman–Crippen LogP) is 9.72. The molecule has 3 aromatic rings. The second kappa shape index (κ2) is 40.0.